The lowest BCUT2D eigenvalue weighted by atomic mass is 10.2. The van der Waals surface area contributed by atoms with Crippen molar-refractivity contribution in [3.8, 4) is 0 Å². The monoisotopic (exact) mass is 281 g/mol. The maximum absolute atomic E-state index is 5.99. The Hall–Kier alpha value is -2.07. The van der Waals surface area contributed by atoms with E-state index in [4.69, 9.17) is 4.42 Å². The van der Waals surface area contributed by atoms with Gasteiger partial charge in [0.15, 0.2) is 0 Å². The average molecular weight is 281 g/mol. The van der Waals surface area contributed by atoms with Crippen molar-refractivity contribution >= 4 is 10.9 Å². The van der Waals surface area contributed by atoms with Gasteiger partial charge in [-0.3, -0.25) is 4.68 Å². The number of nitrogens with one attached hydrogen (secondary N) is 1. The SMILES string of the molecule is Cc1cc(Cn2ncc3ccccc32)oc1CNC1CC1. The number of furan rings is 1. The highest BCUT2D eigenvalue weighted by atomic mass is 16.3. The molecule has 108 valence electrons. The van der Waals surface area contributed by atoms with Crippen LogP contribution in [0.1, 0.15) is 29.9 Å². The Balaban J connectivity index is 1.54. The fraction of sp³-hybridized carbons (Fsp3) is 0.353. The molecule has 0 aliphatic heterocycles. The van der Waals surface area contributed by atoms with Crippen LogP contribution >= 0.6 is 0 Å². The Morgan fingerprint density at radius 3 is 3.05 bits per heavy atom. The van der Waals surface area contributed by atoms with Gasteiger partial charge in [0.2, 0.25) is 0 Å². The minimum atomic E-state index is 0.678. The zero-order valence-corrected chi connectivity index (χ0v) is 12.2. The lowest BCUT2D eigenvalue weighted by Crippen LogP contribution is -2.15. The highest BCUT2D eigenvalue weighted by Crippen LogP contribution is 2.22. The molecular weight excluding hydrogens is 262 g/mol. The van der Waals surface area contributed by atoms with E-state index in [9.17, 15) is 0 Å². The molecule has 0 saturated heterocycles. The number of benzene rings is 1. The summed E-state index contributed by atoms with van der Waals surface area (Å²) in [5.41, 5.74) is 2.36. The van der Waals surface area contributed by atoms with E-state index in [1.165, 1.54) is 18.4 Å². The number of para-hydroxylation sites is 1. The van der Waals surface area contributed by atoms with E-state index in [0.29, 0.717) is 12.6 Å². The van der Waals surface area contributed by atoms with Crippen LogP contribution in [0.3, 0.4) is 0 Å². The van der Waals surface area contributed by atoms with Crippen LogP contribution in [0.15, 0.2) is 40.9 Å². The average Bonchev–Trinajstić information content (AvgIpc) is 3.14. The topological polar surface area (TPSA) is 43.0 Å². The van der Waals surface area contributed by atoms with E-state index in [1.54, 1.807) is 0 Å². The first-order valence-electron chi connectivity index (χ1n) is 7.52. The first-order valence-corrected chi connectivity index (χ1v) is 7.52. The number of fused-ring (bicyclic) bond motifs is 1. The van der Waals surface area contributed by atoms with Gasteiger partial charge in [0.1, 0.15) is 11.5 Å². The Morgan fingerprint density at radius 2 is 2.19 bits per heavy atom. The third-order valence-corrected chi connectivity index (χ3v) is 4.06. The molecule has 4 rings (SSSR count). The summed E-state index contributed by atoms with van der Waals surface area (Å²) in [6, 6.07) is 11.1. The molecule has 1 N–H and O–H groups in total. The largest absolute Gasteiger partial charge is 0.462 e. The van der Waals surface area contributed by atoms with Crippen LogP contribution in [0.2, 0.25) is 0 Å². The standard InChI is InChI=1S/C17H19N3O/c1-12-8-15(21-17(12)10-18-14-6-7-14)11-20-16-5-3-2-4-13(16)9-19-20/h2-5,8-9,14,18H,6-7,10-11H2,1H3. The van der Waals surface area contributed by atoms with Gasteiger partial charge in [0.05, 0.1) is 24.8 Å². The molecule has 0 spiro atoms. The van der Waals surface area contributed by atoms with E-state index in [1.807, 2.05) is 23.0 Å². The van der Waals surface area contributed by atoms with Gasteiger partial charge in [-0.25, -0.2) is 0 Å². The third kappa shape index (κ3) is 2.59. The summed E-state index contributed by atoms with van der Waals surface area (Å²) in [5, 5.41) is 9.12. The van der Waals surface area contributed by atoms with Crippen LogP contribution in [0.5, 0.6) is 0 Å². The molecule has 3 aromatic rings. The second kappa shape index (κ2) is 5.04. The fourth-order valence-electron chi connectivity index (χ4n) is 2.67. The lowest BCUT2D eigenvalue weighted by molar-refractivity contribution is 0.430. The summed E-state index contributed by atoms with van der Waals surface area (Å²) < 4.78 is 7.98. The fourth-order valence-corrected chi connectivity index (χ4v) is 2.67. The molecule has 1 aromatic carbocycles. The van der Waals surface area contributed by atoms with Crippen LogP contribution in [-0.2, 0) is 13.1 Å². The van der Waals surface area contributed by atoms with Crippen LogP contribution in [-0.4, -0.2) is 15.8 Å². The Morgan fingerprint density at radius 1 is 1.33 bits per heavy atom. The van der Waals surface area contributed by atoms with Crippen molar-refractivity contribution in [2.45, 2.75) is 38.9 Å². The quantitative estimate of drug-likeness (QED) is 0.780. The van der Waals surface area contributed by atoms with E-state index < -0.39 is 0 Å². The molecule has 0 radical (unpaired) electrons. The number of aryl methyl sites for hydroxylation is 1. The summed E-state index contributed by atoms with van der Waals surface area (Å²) in [4.78, 5) is 0. The van der Waals surface area contributed by atoms with Crippen LogP contribution in [0.4, 0.5) is 0 Å². The second-order valence-corrected chi connectivity index (χ2v) is 5.84. The number of hydrogen-bond donors (Lipinski definition) is 1. The number of nitrogens with zero attached hydrogens (tertiary/aromatic N) is 2. The van der Waals surface area contributed by atoms with Gasteiger partial charge >= 0.3 is 0 Å². The molecule has 4 heteroatoms. The molecular formula is C17H19N3O. The first-order chi connectivity index (χ1) is 10.3. The smallest absolute Gasteiger partial charge is 0.126 e. The molecule has 1 saturated carbocycles. The van der Waals surface area contributed by atoms with Crippen molar-refractivity contribution in [1.82, 2.24) is 15.1 Å². The Labute approximate surface area is 123 Å². The summed E-state index contributed by atoms with van der Waals surface area (Å²) >= 11 is 0. The highest BCUT2D eigenvalue weighted by Gasteiger charge is 2.21. The predicted octanol–water partition coefficient (Wildman–Crippen LogP) is 3.24. The van der Waals surface area contributed by atoms with Crippen molar-refractivity contribution in [3.63, 3.8) is 0 Å². The van der Waals surface area contributed by atoms with Gasteiger partial charge in [0, 0.05) is 11.4 Å². The molecule has 1 fully saturated rings. The molecule has 0 bridgehead atoms. The molecule has 4 nitrogen and oxygen atoms in total. The molecule has 2 heterocycles. The zero-order chi connectivity index (χ0) is 14.2. The maximum atomic E-state index is 5.99. The molecule has 2 aromatic heterocycles. The van der Waals surface area contributed by atoms with Crippen LogP contribution < -0.4 is 5.32 Å². The summed E-state index contributed by atoms with van der Waals surface area (Å²) in [6.45, 7) is 3.62. The normalized spacial score (nSPS) is 14.9. The summed E-state index contributed by atoms with van der Waals surface area (Å²) in [5.74, 6) is 2.02. The second-order valence-electron chi connectivity index (χ2n) is 5.84. The molecule has 0 amide bonds. The number of hydrogen-bond acceptors (Lipinski definition) is 3. The lowest BCUT2D eigenvalue weighted by Gasteiger charge is -2.02. The zero-order valence-electron chi connectivity index (χ0n) is 12.2. The van der Waals surface area contributed by atoms with Crippen molar-refractivity contribution in [3.05, 3.63) is 53.6 Å². The van der Waals surface area contributed by atoms with Crippen molar-refractivity contribution in [2.24, 2.45) is 0 Å². The Bertz CT molecular complexity index is 767. The molecule has 1 aliphatic rings. The van der Waals surface area contributed by atoms with Crippen molar-refractivity contribution in [1.29, 1.82) is 0 Å². The third-order valence-electron chi connectivity index (χ3n) is 4.06. The van der Waals surface area contributed by atoms with E-state index in [2.05, 4.69) is 35.5 Å². The highest BCUT2D eigenvalue weighted by molar-refractivity contribution is 5.78. The number of rotatable bonds is 5. The molecule has 0 unspecified atom stereocenters. The summed E-state index contributed by atoms with van der Waals surface area (Å²) in [6.07, 6.45) is 4.50. The first kappa shape index (κ1) is 12.7. The van der Waals surface area contributed by atoms with Gasteiger partial charge in [0.25, 0.3) is 0 Å². The van der Waals surface area contributed by atoms with Crippen LogP contribution in [0.25, 0.3) is 10.9 Å². The Kier molecular flexibility index (Phi) is 3.04. The number of aromatic nitrogens is 2. The van der Waals surface area contributed by atoms with Gasteiger partial charge in [-0.15, -0.1) is 0 Å². The molecule has 21 heavy (non-hydrogen) atoms. The minimum absolute atomic E-state index is 0.678. The minimum Gasteiger partial charge on any atom is -0.462 e. The van der Waals surface area contributed by atoms with E-state index >= 15 is 0 Å². The molecule has 1 aliphatic carbocycles. The van der Waals surface area contributed by atoms with Crippen molar-refractivity contribution < 1.29 is 4.42 Å². The van der Waals surface area contributed by atoms with Gasteiger partial charge in [-0.05, 0) is 37.5 Å². The van der Waals surface area contributed by atoms with Gasteiger partial charge in [-0.1, -0.05) is 18.2 Å². The van der Waals surface area contributed by atoms with Crippen molar-refractivity contribution in [2.75, 3.05) is 0 Å². The maximum Gasteiger partial charge on any atom is 0.126 e. The van der Waals surface area contributed by atoms with E-state index in [0.717, 1.165) is 29.0 Å². The summed E-state index contributed by atoms with van der Waals surface area (Å²) in [7, 11) is 0. The predicted molar refractivity (Wildman–Crippen MR) is 82.1 cm³/mol. The van der Waals surface area contributed by atoms with Crippen LogP contribution in [0, 0.1) is 6.92 Å². The van der Waals surface area contributed by atoms with E-state index in [-0.39, 0.29) is 0 Å². The molecule has 0 atom stereocenters. The van der Waals surface area contributed by atoms with Gasteiger partial charge in [-0.2, -0.15) is 5.10 Å². The van der Waals surface area contributed by atoms with Gasteiger partial charge < -0.3 is 9.73 Å².